The van der Waals surface area contributed by atoms with Gasteiger partial charge in [-0.15, -0.1) is 0 Å². The first-order chi connectivity index (χ1) is 11.6. The third-order valence-electron chi connectivity index (χ3n) is 4.08. The minimum atomic E-state index is -0.262. The predicted octanol–water partition coefficient (Wildman–Crippen LogP) is 1.82. The molecular weight excluding hydrogens is 306 g/mol. The van der Waals surface area contributed by atoms with Crippen LogP contribution in [0, 0.1) is 6.92 Å². The Morgan fingerprint density at radius 2 is 2.04 bits per heavy atom. The van der Waals surface area contributed by atoms with Gasteiger partial charge in [0.2, 0.25) is 5.91 Å². The van der Waals surface area contributed by atoms with Gasteiger partial charge in [-0.3, -0.25) is 4.79 Å². The van der Waals surface area contributed by atoms with Crippen LogP contribution >= 0.6 is 0 Å². The van der Waals surface area contributed by atoms with E-state index in [1.54, 1.807) is 11.8 Å². The van der Waals surface area contributed by atoms with Gasteiger partial charge in [0.05, 0.1) is 13.2 Å². The maximum atomic E-state index is 12.0. The van der Waals surface area contributed by atoms with Crippen molar-refractivity contribution in [2.24, 2.45) is 0 Å². The zero-order chi connectivity index (χ0) is 17.4. The lowest BCUT2D eigenvalue weighted by atomic mass is 10.1. The smallest absolute Gasteiger partial charge is 0.409 e. The molecule has 2 rings (SSSR count). The van der Waals surface area contributed by atoms with E-state index in [0.717, 1.165) is 12.8 Å². The molecule has 0 unspecified atom stereocenters. The lowest BCUT2D eigenvalue weighted by Crippen LogP contribution is -2.48. The van der Waals surface area contributed by atoms with Gasteiger partial charge in [0, 0.05) is 25.7 Å². The largest absolute Gasteiger partial charge is 0.450 e. The monoisotopic (exact) mass is 333 g/mol. The first-order valence-corrected chi connectivity index (χ1v) is 8.55. The Kier molecular flexibility index (Phi) is 7.06. The van der Waals surface area contributed by atoms with Crippen LogP contribution < -0.4 is 10.6 Å². The number of nitrogens with one attached hydrogen (secondary N) is 2. The Hall–Kier alpha value is -2.08. The number of rotatable bonds is 6. The number of hydrogen-bond donors (Lipinski definition) is 2. The molecule has 1 fully saturated rings. The molecule has 1 heterocycles. The molecule has 0 aromatic heterocycles. The minimum absolute atomic E-state index is 0.00256. The molecule has 0 spiro atoms. The number of benzene rings is 1. The number of carbonyl (C=O) groups is 2. The number of amides is 2. The van der Waals surface area contributed by atoms with E-state index in [0.29, 0.717) is 32.8 Å². The summed E-state index contributed by atoms with van der Waals surface area (Å²) in [5.41, 5.74) is 2.39. The molecule has 2 N–H and O–H groups in total. The fraction of sp³-hybridized carbons (Fsp3) is 0.556. The van der Waals surface area contributed by atoms with Crippen molar-refractivity contribution < 1.29 is 14.3 Å². The number of hydrogen-bond acceptors (Lipinski definition) is 4. The molecule has 0 aliphatic carbocycles. The average Bonchev–Trinajstić information content (AvgIpc) is 2.56. The lowest BCUT2D eigenvalue weighted by Gasteiger charge is -2.31. The van der Waals surface area contributed by atoms with Gasteiger partial charge in [0.1, 0.15) is 0 Å². The second-order valence-electron chi connectivity index (χ2n) is 6.12. The molecule has 1 saturated heterocycles. The molecule has 6 heteroatoms. The molecule has 1 aliphatic rings. The highest BCUT2D eigenvalue weighted by molar-refractivity contribution is 5.78. The molecular formula is C18H27N3O3. The Morgan fingerprint density at radius 3 is 2.71 bits per heavy atom. The summed E-state index contributed by atoms with van der Waals surface area (Å²) in [6.07, 6.45) is 1.27. The standard InChI is InChI=1S/C18H27N3O3/c1-3-24-18(23)21-9-7-16(8-10-21)20-17(22)13-19-12-15-6-4-5-14(2)11-15/h4-6,11,16,19H,3,7-10,12-13H2,1-2H3,(H,20,22). The minimum Gasteiger partial charge on any atom is -0.450 e. The SMILES string of the molecule is CCOC(=O)N1CCC(NC(=O)CNCc2cccc(C)c2)CC1. The third-order valence-corrected chi connectivity index (χ3v) is 4.08. The van der Waals surface area contributed by atoms with Crippen LogP contribution in [0.25, 0.3) is 0 Å². The number of carbonyl (C=O) groups excluding carboxylic acids is 2. The first kappa shape index (κ1) is 18.3. The number of piperidine rings is 1. The number of ether oxygens (including phenoxy) is 1. The van der Waals surface area contributed by atoms with Crippen molar-refractivity contribution >= 4 is 12.0 Å². The van der Waals surface area contributed by atoms with Gasteiger partial charge in [0.15, 0.2) is 0 Å². The molecule has 0 atom stereocenters. The zero-order valence-corrected chi connectivity index (χ0v) is 14.5. The molecule has 1 aromatic rings. The number of likely N-dealkylation sites (tertiary alicyclic amines) is 1. The van der Waals surface area contributed by atoms with Gasteiger partial charge in [-0.1, -0.05) is 29.8 Å². The molecule has 132 valence electrons. The van der Waals surface area contributed by atoms with E-state index in [9.17, 15) is 9.59 Å². The quantitative estimate of drug-likeness (QED) is 0.833. The topological polar surface area (TPSA) is 70.7 Å². The van der Waals surface area contributed by atoms with Crippen molar-refractivity contribution in [3.63, 3.8) is 0 Å². The van der Waals surface area contributed by atoms with Gasteiger partial charge in [-0.25, -0.2) is 4.79 Å². The summed E-state index contributed by atoms with van der Waals surface area (Å²) >= 11 is 0. The van der Waals surface area contributed by atoms with E-state index < -0.39 is 0 Å². The van der Waals surface area contributed by atoms with Crippen molar-refractivity contribution in [2.75, 3.05) is 26.2 Å². The number of aryl methyl sites for hydroxylation is 1. The van der Waals surface area contributed by atoms with Gasteiger partial charge in [-0.2, -0.15) is 0 Å². The van der Waals surface area contributed by atoms with Crippen molar-refractivity contribution in [3.8, 4) is 0 Å². The van der Waals surface area contributed by atoms with Crippen LogP contribution in [-0.4, -0.2) is 49.2 Å². The summed E-state index contributed by atoms with van der Waals surface area (Å²) in [4.78, 5) is 25.3. The highest BCUT2D eigenvalue weighted by Crippen LogP contribution is 2.11. The summed E-state index contributed by atoms with van der Waals surface area (Å²) in [6, 6.07) is 8.35. The van der Waals surface area contributed by atoms with Crippen LogP contribution in [0.5, 0.6) is 0 Å². The van der Waals surface area contributed by atoms with E-state index in [-0.39, 0.29) is 18.0 Å². The molecule has 2 amide bonds. The van der Waals surface area contributed by atoms with E-state index in [4.69, 9.17) is 4.74 Å². The molecule has 1 aliphatic heterocycles. The van der Waals surface area contributed by atoms with Crippen LogP contribution in [-0.2, 0) is 16.1 Å². The maximum Gasteiger partial charge on any atom is 0.409 e. The predicted molar refractivity (Wildman–Crippen MR) is 92.6 cm³/mol. The second kappa shape index (κ2) is 9.27. The van der Waals surface area contributed by atoms with Gasteiger partial charge in [0.25, 0.3) is 0 Å². The molecule has 0 bridgehead atoms. The molecule has 6 nitrogen and oxygen atoms in total. The van der Waals surface area contributed by atoms with Crippen LogP contribution in [0.1, 0.15) is 30.9 Å². The van der Waals surface area contributed by atoms with Crippen LogP contribution in [0.2, 0.25) is 0 Å². The van der Waals surface area contributed by atoms with Gasteiger partial charge in [-0.05, 0) is 32.3 Å². The van der Waals surface area contributed by atoms with Crippen LogP contribution in [0.15, 0.2) is 24.3 Å². The first-order valence-electron chi connectivity index (χ1n) is 8.55. The highest BCUT2D eigenvalue weighted by Gasteiger charge is 2.24. The van der Waals surface area contributed by atoms with E-state index in [1.165, 1.54) is 11.1 Å². The zero-order valence-electron chi connectivity index (χ0n) is 14.5. The van der Waals surface area contributed by atoms with Crippen molar-refractivity contribution in [1.82, 2.24) is 15.5 Å². The van der Waals surface area contributed by atoms with Crippen LogP contribution in [0.3, 0.4) is 0 Å². The average molecular weight is 333 g/mol. The fourth-order valence-corrected chi connectivity index (χ4v) is 2.84. The van der Waals surface area contributed by atoms with E-state index in [1.807, 2.05) is 12.1 Å². The summed E-state index contributed by atoms with van der Waals surface area (Å²) in [6.45, 7) is 6.47. The Bertz CT molecular complexity index is 554. The molecule has 24 heavy (non-hydrogen) atoms. The fourth-order valence-electron chi connectivity index (χ4n) is 2.84. The van der Waals surface area contributed by atoms with Crippen LogP contribution in [0.4, 0.5) is 4.79 Å². The van der Waals surface area contributed by atoms with E-state index >= 15 is 0 Å². The Balaban J connectivity index is 1.64. The number of nitrogens with zero attached hydrogens (tertiary/aromatic N) is 1. The summed E-state index contributed by atoms with van der Waals surface area (Å²) in [5.74, 6) is -0.00256. The Labute approximate surface area is 143 Å². The van der Waals surface area contributed by atoms with Crippen molar-refractivity contribution in [2.45, 2.75) is 39.3 Å². The maximum absolute atomic E-state index is 12.0. The summed E-state index contributed by atoms with van der Waals surface area (Å²) in [7, 11) is 0. The van der Waals surface area contributed by atoms with Gasteiger partial charge >= 0.3 is 6.09 Å². The normalized spacial score (nSPS) is 15.2. The Morgan fingerprint density at radius 1 is 1.29 bits per heavy atom. The lowest BCUT2D eigenvalue weighted by molar-refractivity contribution is -0.121. The molecule has 0 saturated carbocycles. The third kappa shape index (κ3) is 5.85. The van der Waals surface area contributed by atoms with Gasteiger partial charge < -0.3 is 20.3 Å². The van der Waals surface area contributed by atoms with Crippen molar-refractivity contribution in [3.05, 3.63) is 35.4 Å². The van der Waals surface area contributed by atoms with E-state index in [2.05, 4.69) is 29.7 Å². The molecule has 0 radical (unpaired) electrons. The summed E-state index contributed by atoms with van der Waals surface area (Å²) < 4.78 is 4.99. The van der Waals surface area contributed by atoms with Crippen molar-refractivity contribution in [1.29, 1.82) is 0 Å². The highest BCUT2D eigenvalue weighted by atomic mass is 16.6. The summed E-state index contributed by atoms with van der Waals surface area (Å²) in [5, 5.41) is 6.19. The molecule has 1 aromatic carbocycles. The second-order valence-corrected chi connectivity index (χ2v) is 6.12.